The highest BCUT2D eigenvalue weighted by atomic mass is 79.9. The van der Waals surface area contributed by atoms with Crippen LogP contribution in [0.15, 0.2) is 0 Å². The van der Waals surface area contributed by atoms with Gasteiger partial charge in [0, 0.05) is 43.6 Å². The molecule has 0 unspecified atom stereocenters. The summed E-state index contributed by atoms with van der Waals surface area (Å²) in [5.74, 6) is 0. The Morgan fingerprint density at radius 2 is 1.11 bits per heavy atom. The Morgan fingerprint density at radius 1 is 0.889 bits per heavy atom. The van der Waals surface area contributed by atoms with E-state index in [1.165, 1.54) is 0 Å². The number of thioether (sulfide) groups is 1. The van der Waals surface area contributed by atoms with Crippen molar-refractivity contribution in [3.8, 4) is 0 Å². The highest BCUT2D eigenvalue weighted by Crippen LogP contribution is 2.48. The molecular formula is C2Br2F4S. The Labute approximate surface area is 69.6 Å². The zero-order valence-electron chi connectivity index (χ0n) is 3.68. The average molecular weight is 292 g/mol. The normalized spacial score (nSPS) is 14.0. The minimum absolute atomic E-state index is 0.819. The number of alkyl halides is 6. The highest BCUT2D eigenvalue weighted by molar-refractivity contribution is 9.14. The first-order chi connectivity index (χ1) is 3.71. The second kappa shape index (κ2) is 2.96. The first-order valence-electron chi connectivity index (χ1n) is 1.54. The summed E-state index contributed by atoms with van der Waals surface area (Å²) in [7, 11) is 0. The largest absolute Gasteiger partial charge is 0.355 e. The van der Waals surface area contributed by atoms with Gasteiger partial charge in [0.1, 0.15) is 0 Å². The van der Waals surface area contributed by atoms with E-state index in [9.17, 15) is 17.6 Å². The molecule has 0 amide bonds. The summed E-state index contributed by atoms with van der Waals surface area (Å²) < 4.78 is 39.2. The molecule has 0 bridgehead atoms. The van der Waals surface area contributed by atoms with Crippen LogP contribution in [0.25, 0.3) is 0 Å². The van der Waals surface area contributed by atoms with Crippen LogP contribution in [-0.2, 0) is 0 Å². The molecule has 0 spiro atoms. The Bertz CT molecular complexity index is 81.7. The van der Waals surface area contributed by atoms with Gasteiger partial charge >= 0.3 is 8.33 Å². The molecule has 0 saturated heterocycles. The van der Waals surface area contributed by atoms with Crippen molar-refractivity contribution in [3.05, 3.63) is 0 Å². The van der Waals surface area contributed by atoms with Crippen molar-refractivity contribution in [1.82, 2.24) is 0 Å². The molecule has 0 aliphatic rings. The van der Waals surface area contributed by atoms with Crippen LogP contribution in [0.3, 0.4) is 0 Å². The lowest BCUT2D eigenvalue weighted by molar-refractivity contribution is 0.185. The van der Waals surface area contributed by atoms with Crippen LogP contribution >= 0.6 is 43.6 Å². The van der Waals surface area contributed by atoms with E-state index < -0.39 is 20.1 Å². The number of hydrogen-bond donors (Lipinski definition) is 0. The first-order valence-corrected chi connectivity index (χ1v) is 3.94. The number of hydrogen-bond acceptors (Lipinski definition) is 1. The fourth-order valence-electron chi connectivity index (χ4n) is 0.131. The summed E-state index contributed by atoms with van der Waals surface area (Å²) in [6.45, 7) is 0. The number of rotatable bonds is 2. The lowest BCUT2D eigenvalue weighted by atomic mass is 11.6. The van der Waals surface area contributed by atoms with Gasteiger partial charge in [0.25, 0.3) is 0 Å². The van der Waals surface area contributed by atoms with Gasteiger partial charge in [-0.15, -0.1) is 0 Å². The van der Waals surface area contributed by atoms with Gasteiger partial charge in [-0.1, -0.05) is 0 Å². The van der Waals surface area contributed by atoms with Gasteiger partial charge in [0.2, 0.25) is 0 Å². The van der Waals surface area contributed by atoms with Gasteiger partial charge < -0.3 is 0 Å². The van der Waals surface area contributed by atoms with Gasteiger partial charge in [0.15, 0.2) is 0 Å². The standard InChI is InChI=1S/C2Br2F4S/c3-1(5,6)9-2(4,7)8. The molecule has 0 rings (SSSR count). The van der Waals surface area contributed by atoms with E-state index in [1.54, 1.807) is 31.9 Å². The van der Waals surface area contributed by atoms with Crippen LogP contribution in [0.4, 0.5) is 17.6 Å². The van der Waals surface area contributed by atoms with Gasteiger partial charge in [-0.2, -0.15) is 17.6 Å². The summed E-state index contributed by atoms with van der Waals surface area (Å²) in [6.07, 6.45) is 0. The molecule has 0 aromatic heterocycles. The van der Waals surface area contributed by atoms with E-state index in [4.69, 9.17) is 0 Å². The Morgan fingerprint density at radius 3 is 1.11 bits per heavy atom. The monoisotopic (exact) mass is 290 g/mol. The van der Waals surface area contributed by atoms with Crippen molar-refractivity contribution in [2.24, 2.45) is 0 Å². The predicted molar refractivity (Wildman–Crippen MR) is 35.3 cm³/mol. The molecule has 0 heterocycles. The highest BCUT2D eigenvalue weighted by Gasteiger charge is 2.40. The van der Waals surface area contributed by atoms with E-state index in [1.807, 2.05) is 0 Å². The van der Waals surface area contributed by atoms with E-state index in [0.29, 0.717) is 0 Å². The summed E-state index contributed by atoms with van der Waals surface area (Å²) in [5, 5.41) is 0. The maximum absolute atomic E-state index is 11.6. The van der Waals surface area contributed by atoms with Crippen molar-refractivity contribution in [2.45, 2.75) is 8.33 Å². The second-order valence-electron chi connectivity index (χ2n) is 0.994. The minimum atomic E-state index is -3.58. The lowest BCUT2D eigenvalue weighted by Crippen LogP contribution is -2.08. The van der Waals surface area contributed by atoms with Crippen LogP contribution in [0, 0.1) is 0 Å². The molecule has 56 valence electrons. The summed E-state index contributed by atoms with van der Waals surface area (Å²) in [5.41, 5.74) is 0. The molecule has 0 aromatic carbocycles. The zero-order valence-corrected chi connectivity index (χ0v) is 7.66. The maximum atomic E-state index is 11.6. The van der Waals surface area contributed by atoms with E-state index >= 15 is 0 Å². The Balaban J connectivity index is 3.75. The first kappa shape index (κ1) is 10.0. The second-order valence-corrected chi connectivity index (χ2v) is 5.26. The summed E-state index contributed by atoms with van der Waals surface area (Å²) in [4.78, 5) is 0. The zero-order chi connectivity index (χ0) is 7.71. The van der Waals surface area contributed by atoms with E-state index in [2.05, 4.69) is 0 Å². The minimum Gasteiger partial charge on any atom is -0.182 e. The van der Waals surface area contributed by atoms with Crippen LogP contribution in [0.1, 0.15) is 0 Å². The molecule has 0 aromatic rings. The molecule has 0 N–H and O–H groups in total. The van der Waals surface area contributed by atoms with Crippen molar-refractivity contribution in [2.75, 3.05) is 0 Å². The molecule has 0 atom stereocenters. The molecule has 7 heteroatoms. The SMILES string of the molecule is FC(F)(Br)SC(F)(F)Br. The molecule has 0 nitrogen and oxygen atoms in total. The molecule has 0 aliphatic carbocycles. The predicted octanol–water partition coefficient (Wildman–Crippen LogP) is 3.61. The Kier molecular flexibility index (Phi) is 3.30. The fourth-order valence-corrected chi connectivity index (χ4v) is 2.27. The lowest BCUT2D eigenvalue weighted by Gasteiger charge is -2.10. The quantitative estimate of drug-likeness (QED) is 0.553. The van der Waals surface area contributed by atoms with E-state index in [0.717, 1.165) is 0 Å². The molecule has 0 saturated carbocycles. The smallest absolute Gasteiger partial charge is 0.182 e. The maximum Gasteiger partial charge on any atom is 0.355 e. The van der Waals surface area contributed by atoms with Gasteiger partial charge in [-0.25, -0.2) is 0 Å². The topological polar surface area (TPSA) is 0 Å². The van der Waals surface area contributed by atoms with Crippen LogP contribution in [0.5, 0.6) is 0 Å². The summed E-state index contributed by atoms with van der Waals surface area (Å²) >= 11 is 2.65. The molecule has 0 radical (unpaired) electrons. The molecule has 0 fully saturated rings. The van der Waals surface area contributed by atoms with Crippen LogP contribution in [-0.4, -0.2) is 8.33 Å². The van der Waals surface area contributed by atoms with Gasteiger partial charge in [0.05, 0.1) is 0 Å². The van der Waals surface area contributed by atoms with Crippen molar-refractivity contribution in [1.29, 1.82) is 0 Å². The van der Waals surface area contributed by atoms with E-state index in [-0.39, 0.29) is 0 Å². The third-order valence-electron chi connectivity index (χ3n) is 0.231. The Hall–Kier alpha value is 1.03. The summed E-state index contributed by atoms with van der Waals surface area (Å²) in [6, 6.07) is 0. The van der Waals surface area contributed by atoms with Gasteiger partial charge in [-0.3, -0.25) is 0 Å². The van der Waals surface area contributed by atoms with Crippen molar-refractivity contribution in [3.63, 3.8) is 0 Å². The van der Waals surface area contributed by atoms with Crippen molar-refractivity contribution < 1.29 is 17.6 Å². The third kappa shape index (κ3) is 9.03. The van der Waals surface area contributed by atoms with Crippen LogP contribution in [0.2, 0.25) is 0 Å². The van der Waals surface area contributed by atoms with Crippen LogP contribution < -0.4 is 0 Å². The molecule has 9 heavy (non-hydrogen) atoms. The molecule has 0 aliphatic heterocycles. The fraction of sp³-hybridized carbons (Fsp3) is 1.00. The number of halogens is 6. The van der Waals surface area contributed by atoms with Crippen molar-refractivity contribution >= 4 is 43.6 Å². The average Bonchev–Trinajstić information content (AvgIpc) is 1.14. The third-order valence-corrected chi connectivity index (χ3v) is 1.67. The van der Waals surface area contributed by atoms with Gasteiger partial charge in [-0.05, 0) is 0 Å². The molecular weight excluding hydrogens is 292 g/mol.